The highest BCUT2D eigenvalue weighted by Gasteiger charge is 2.44. The van der Waals surface area contributed by atoms with E-state index in [1.165, 1.54) is 0 Å². The third-order valence-corrected chi connectivity index (χ3v) is 2.56. The summed E-state index contributed by atoms with van der Waals surface area (Å²) in [6.07, 6.45) is -4.95. The average molecular weight is 239 g/mol. The molecule has 4 nitrogen and oxygen atoms in total. The van der Waals surface area contributed by atoms with E-state index in [2.05, 4.69) is 0 Å². The third-order valence-electron chi connectivity index (χ3n) is 2.56. The Hall–Kier alpha value is -1.27. The van der Waals surface area contributed by atoms with Gasteiger partial charge in [0.05, 0.1) is 12.3 Å². The van der Waals surface area contributed by atoms with Crippen LogP contribution in [0, 0.1) is 5.92 Å². The number of rotatable bonds is 3. The van der Waals surface area contributed by atoms with Gasteiger partial charge < -0.3 is 10.0 Å². The molecule has 1 saturated heterocycles. The van der Waals surface area contributed by atoms with Crippen LogP contribution in [-0.4, -0.2) is 41.1 Å². The molecule has 0 bridgehead atoms. The molecule has 0 aromatic carbocycles. The summed E-state index contributed by atoms with van der Waals surface area (Å²) < 4.78 is 36.8. The molecule has 1 aliphatic rings. The Kier molecular flexibility index (Phi) is 3.77. The monoisotopic (exact) mass is 239 g/mol. The molecule has 1 atom stereocenters. The van der Waals surface area contributed by atoms with E-state index < -0.39 is 24.0 Å². The van der Waals surface area contributed by atoms with Crippen LogP contribution >= 0.6 is 0 Å². The quantitative estimate of drug-likeness (QED) is 0.806. The van der Waals surface area contributed by atoms with Crippen molar-refractivity contribution in [3.05, 3.63) is 0 Å². The van der Waals surface area contributed by atoms with E-state index in [4.69, 9.17) is 5.11 Å². The predicted molar refractivity (Wildman–Crippen MR) is 47.6 cm³/mol. The first-order valence-electron chi connectivity index (χ1n) is 4.87. The zero-order valence-corrected chi connectivity index (χ0v) is 8.46. The van der Waals surface area contributed by atoms with Crippen LogP contribution in [0.25, 0.3) is 0 Å². The lowest BCUT2D eigenvalue weighted by Crippen LogP contribution is -2.32. The summed E-state index contributed by atoms with van der Waals surface area (Å²) in [4.78, 5) is 22.6. The Morgan fingerprint density at radius 2 is 1.94 bits per heavy atom. The lowest BCUT2D eigenvalue weighted by molar-refractivity contribution is -0.171. The van der Waals surface area contributed by atoms with E-state index in [-0.39, 0.29) is 32.4 Å². The van der Waals surface area contributed by atoms with Crippen LogP contribution < -0.4 is 0 Å². The minimum atomic E-state index is -4.28. The van der Waals surface area contributed by atoms with Gasteiger partial charge in [-0.2, -0.15) is 13.2 Å². The summed E-state index contributed by atoms with van der Waals surface area (Å²) >= 11 is 0. The molecule has 1 rings (SSSR count). The fraction of sp³-hybridized carbons (Fsp3) is 0.778. The van der Waals surface area contributed by atoms with Gasteiger partial charge in [0.15, 0.2) is 0 Å². The molecule has 0 aromatic heterocycles. The first kappa shape index (κ1) is 12.8. The third kappa shape index (κ3) is 3.39. The maximum atomic E-state index is 12.3. The topological polar surface area (TPSA) is 57.6 Å². The summed E-state index contributed by atoms with van der Waals surface area (Å²) in [5.74, 6) is -3.12. The highest BCUT2D eigenvalue weighted by atomic mass is 19.4. The number of carboxylic acid groups (broad SMARTS) is 1. The lowest BCUT2D eigenvalue weighted by atomic mass is 10.1. The van der Waals surface area contributed by atoms with Crippen molar-refractivity contribution >= 4 is 11.9 Å². The molecule has 16 heavy (non-hydrogen) atoms. The van der Waals surface area contributed by atoms with Gasteiger partial charge in [-0.15, -0.1) is 0 Å². The molecule has 0 saturated carbocycles. The molecule has 92 valence electrons. The SMILES string of the molecule is O=C(O)CCC(=O)N1CCC(C(F)(F)F)C1. The Bertz CT molecular complexity index is 290. The molecule has 1 amide bonds. The van der Waals surface area contributed by atoms with Crippen LogP contribution in [0.1, 0.15) is 19.3 Å². The first-order chi connectivity index (χ1) is 7.30. The molecule has 1 N–H and O–H groups in total. The van der Waals surface area contributed by atoms with E-state index in [1.807, 2.05) is 0 Å². The van der Waals surface area contributed by atoms with Crippen LogP contribution in [0.15, 0.2) is 0 Å². The standard InChI is InChI=1S/C9H12F3NO3/c10-9(11,12)6-3-4-13(5-6)7(14)1-2-8(15)16/h6H,1-5H2,(H,15,16). The number of carbonyl (C=O) groups excluding carboxylic acids is 1. The number of aliphatic carboxylic acids is 1. The van der Waals surface area contributed by atoms with Crippen molar-refractivity contribution in [2.24, 2.45) is 5.92 Å². The van der Waals surface area contributed by atoms with Gasteiger partial charge in [0.2, 0.25) is 5.91 Å². The van der Waals surface area contributed by atoms with Gasteiger partial charge in [-0.3, -0.25) is 9.59 Å². The molecule has 0 aromatic rings. The van der Waals surface area contributed by atoms with Crippen LogP contribution in [0.3, 0.4) is 0 Å². The Morgan fingerprint density at radius 1 is 1.31 bits per heavy atom. The molecule has 1 heterocycles. The van der Waals surface area contributed by atoms with Gasteiger partial charge >= 0.3 is 12.1 Å². The van der Waals surface area contributed by atoms with Crippen molar-refractivity contribution in [3.8, 4) is 0 Å². The van der Waals surface area contributed by atoms with Crippen LogP contribution in [-0.2, 0) is 9.59 Å². The first-order valence-corrected chi connectivity index (χ1v) is 4.87. The number of hydrogen-bond acceptors (Lipinski definition) is 2. The van der Waals surface area contributed by atoms with Crippen LogP contribution in [0.4, 0.5) is 13.2 Å². The zero-order chi connectivity index (χ0) is 12.3. The van der Waals surface area contributed by atoms with E-state index in [0.29, 0.717) is 0 Å². The molecule has 1 aliphatic heterocycles. The number of halogens is 3. The number of hydrogen-bond donors (Lipinski definition) is 1. The number of nitrogens with zero attached hydrogens (tertiary/aromatic N) is 1. The highest BCUT2D eigenvalue weighted by Crippen LogP contribution is 2.33. The summed E-state index contributed by atoms with van der Waals surface area (Å²) in [7, 11) is 0. The molecule has 1 fully saturated rings. The van der Waals surface area contributed by atoms with E-state index >= 15 is 0 Å². The Balaban J connectivity index is 2.41. The van der Waals surface area contributed by atoms with Gasteiger partial charge in [0.25, 0.3) is 0 Å². The summed E-state index contributed by atoms with van der Waals surface area (Å²) in [6, 6.07) is 0. The molecule has 7 heteroatoms. The second kappa shape index (κ2) is 4.71. The van der Waals surface area contributed by atoms with Crippen LogP contribution in [0.5, 0.6) is 0 Å². The number of carboxylic acids is 1. The van der Waals surface area contributed by atoms with E-state index in [9.17, 15) is 22.8 Å². The van der Waals surface area contributed by atoms with Crippen molar-refractivity contribution < 1.29 is 27.9 Å². The molecule has 1 unspecified atom stereocenters. The zero-order valence-electron chi connectivity index (χ0n) is 8.46. The molecule has 0 radical (unpaired) electrons. The Morgan fingerprint density at radius 3 is 2.38 bits per heavy atom. The minimum absolute atomic E-state index is 0.0582. The maximum Gasteiger partial charge on any atom is 0.393 e. The lowest BCUT2D eigenvalue weighted by Gasteiger charge is -2.17. The van der Waals surface area contributed by atoms with E-state index in [0.717, 1.165) is 4.90 Å². The fourth-order valence-corrected chi connectivity index (χ4v) is 1.63. The molecular weight excluding hydrogens is 227 g/mol. The van der Waals surface area contributed by atoms with Crippen molar-refractivity contribution in [1.82, 2.24) is 4.90 Å². The van der Waals surface area contributed by atoms with Crippen molar-refractivity contribution in [3.63, 3.8) is 0 Å². The predicted octanol–water partition coefficient (Wildman–Crippen LogP) is 1.26. The number of amides is 1. The van der Waals surface area contributed by atoms with Gasteiger partial charge in [-0.25, -0.2) is 0 Å². The van der Waals surface area contributed by atoms with Crippen LogP contribution in [0.2, 0.25) is 0 Å². The van der Waals surface area contributed by atoms with Crippen molar-refractivity contribution in [2.45, 2.75) is 25.4 Å². The van der Waals surface area contributed by atoms with Crippen molar-refractivity contribution in [2.75, 3.05) is 13.1 Å². The van der Waals surface area contributed by atoms with Gasteiger partial charge in [-0.05, 0) is 6.42 Å². The second-order valence-electron chi connectivity index (χ2n) is 3.76. The maximum absolute atomic E-state index is 12.3. The largest absolute Gasteiger partial charge is 0.481 e. The number of likely N-dealkylation sites (tertiary alicyclic amines) is 1. The van der Waals surface area contributed by atoms with Gasteiger partial charge in [0, 0.05) is 19.5 Å². The number of carbonyl (C=O) groups is 2. The normalized spacial score (nSPS) is 21.2. The van der Waals surface area contributed by atoms with Gasteiger partial charge in [0.1, 0.15) is 0 Å². The summed E-state index contributed by atoms with van der Waals surface area (Å²) in [5.41, 5.74) is 0. The Labute approximate surface area is 90.0 Å². The average Bonchev–Trinajstić information content (AvgIpc) is 2.61. The molecular formula is C9H12F3NO3. The molecule has 0 spiro atoms. The summed E-state index contributed by atoms with van der Waals surface area (Å²) in [5, 5.41) is 8.34. The molecule has 0 aliphatic carbocycles. The fourth-order valence-electron chi connectivity index (χ4n) is 1.63. The summed E-state index contributed by atoms with van der Waals surface area (Å²) in [6.45, 7) is -0.287. The minimum Gasteiger partial charge on any atom is -0.481 e. The van der Waals surface area contributed by atoms with E-state index in [1.54, 1.807) is 0 Å². The smallest absolute Gasteiger partial charge is 0.393 e. The van der Waals surface area contributed by atoms with Gasteiger partial charge in [-0.1, -0.05) is 0 Å². The number of alkyl halides is 3. The highest BCUT2D eigenvalue weighted by molar-refractivity contribution is 5.80. The van der Waals surface area contributed by atoms with Crippen molar-refractivity contribution in [1.29, 1.82) is 0 Å². The second-order valence-corrected chi connectivity index (χ2v) is 3.76.